The number of ether oxygens (including phenoxy) is 2. The van der Waals surface area contributed by atoms with Crippen LogP contribution in [0, 0.1) is 0 Å². The molecule has 2 aliphatic rings. The highest BCUT2D eigenvalue weighted by Crippen LogP contribution is 2.53. The van der Waals surface area contributed by atoms with Crippen LogP contribution in [0.15, 0.2) is 212 Å². The van der Waals surface area contributed by atoms with E-state index in [-0.39, 0.29) is 0 Å². The van der Waals surface area contributed by atoms with Gasteiger partial charge >= 0.3 is 0 Å². The van der Waals surface area contributed by atoms with Gasteiger partial charge in [-0.1, -0.05) is 176 Å². The third-order valence-electron chi connectivity index (χ3n) is 12.3. The molecule has 9 aromatic carbocycles. The molecule has 2 heterocycles. The molecular formula is C59H39N3O2. The molecule has 1 aliphatic heterocycles. The van der Waals surface area contributed by atoms with Gasteiger partial charge in [-0.2, -0.15) is 0 Å². The van der Waals surface area contributed by atoms with E-state index < -0.39 is 0 Å². The van der Waals surface area contributed by atoms with Crippen LogP contribution in [0.4, 0.5) is 0 Å². The van der Waals surface area contributed by atoms with Gasteiger partial charge in [-0.05, 0) is 110 Å². The Bertz CT molecular complexity index is 3330. The zero-order valence-corrected chi connectivity index (χ0v) is 34.8. The van der Waals surface area contributed by atoms with E-state index >= 15 is 0 Å². The van der Waals surface area contributed by atoms with Crippen molar-refractivity contribution in [2.75, 3.05) is 0 Å². The maximum atomic E-state index is 6.84. The van der Waals surface area contributed by atoms with Crippen LogP contribution < -0.4 is 9.47 Å². The quantitative estimate of drug-likeness (QED) is 0.173. The van der Waals surface area contributed by atoms with Crippen LogP contribution in [-0.2, 0) is 12.8 Å². The fourth-order valence-corrected chi connectivity index (χ4v) is 9.18. The summed E-state index contributed by atoms with van der Waals surface area (Å²) in [6.45, 7) is 0. The lowest BCUT2D eigenvalue weighted by Crippen LogP contribution is -2.07. The van der Waals surface area contributed by atoms with E-state index in [1.165, 1.54) is 33.4 Å². The van der Waals surface area contributed by atoms with Crippen molar-refractivity contribution in [2.45, 2.75) is 12.8 Å². The first kappa shape index (κ1) is 37.4. The minimum atomic E-state index is 0.608. The van der Waals surface area contributed by atoms with Gasteiger partial charge < -0.3 is 9.47 Å². The highest BCUT2D eigenvalue weighted by molar-refractivity contribution is 5.87. The van der Waals surface area contributed by atoms with Crippen molar-refractivity contribution in [2.24, 2.45) is 0 Å². The van der Waals surface area contributed by atoms with Gasteiger partial charge in [0.15, 0.2) is 40.5 Å². The van der Waals surface area contributed by atoms with Gasteiger partial charge in [-0.15, -0.1) is 0 Å². The number of rotatable bonds is 5. The van der Waals surface area contributed by atoms with Crippen molar-refractivity contribution in [1.29, 1.82) is 0 Å². The maximum absolute atomic E-state index is 6.84. The van der Waals surface area contributed by atoms with E-state index in [2.05, 4.69) is 127 Å². The Morgan fingerprint density at radius 2 is 0.766 bits per heavy atom. The summed E-state index contributed by atoms with van der Waals surface area (Å²) in [4.78, 5) is 15.3. The molecule has 1 aromatic heterocycles. The number of para-hydroxylation sites is 2. The first-order valence-corrected chi connectivity index (χ1v) is 21.7. The predicted octanol–water partition coefficient (Wildman–Crippen LogP) is 14.9. The average Bonchev–Trinajstić information content (AvgIpc) is 3.36. The molecule has 0 amide bonds. The SMILES string of the molecule is c1ccc(-c2cc(-c3ccc4c(c3)Cc3ccccc3-c3ccccc3Cc3ccc5c(c3-4)Oc3ccccc3O5)cc(-c3nc(-c4ccccc4)nc(-c4ccccc4)n3)c2)cc1. The lowest BCUT2D eigenvalue weighted by molar-refractivity contribution is 0.360. The summed E-state index contributed by atoms with van der Waals surface area (Å²) in [5.41, 5.74) is 16.6. The van der Waals surface area contributed by atoms with Gasteiger partial charge in [0.05, 0.1) is 0 Å². The Kier molecular flexibility index (Phi) is 9.23. The molecule has 0 unspecified atom stereocenters. The van der Waals surface area contributed by atoms with Crippen LogP contribution in [0.3, 0.4) is 0 Å². The van der Waals surface area contributed by atoms with Crippen molar-refractivity contribution in [1.82, 2.24) is 15.0 Å². The number of fused-ring (bicyclic) bond motifs is 9. The first-order chi connectivity index (χ1) is 31.7. The zero-order chi connectivity index (χ0) is 42.4. The van der Waals surface area contributed by atoms with Crippen LogP contribution in [-0.4, -0.2) is 15.0 Å². The second-order valence-electron chi connectivity index (χ2n) is 16.3. The number of hydrogen-bond donors (Lipinski definition) is 0. The number of benzene rings is 9. The minimum absolute atomic E-state index is 0.608. The molecule has 302 valence electrons. The van der Waals surface area contributed by atoms with Crippen LogP contribution >= 0.6 is 0 Å². The molecule has 0 bridgehead atoms. The van der Waals surface area contributed by atoms with Gasteiger partial charge in [0.1, 0.15) is 0 Å². The molecular weight excluding hydrogens is 783 g/mol. The highest BCUT2D eigenvalue weighted by Gasteiger charge is 2.28. The van der Waals surface area contributed by atoms with E-state index in [1.54, 1.807) is 0 Å². The molecule has 0 N–H and O–H groups in total. The molecule has 0 saturated carbocycles. The molecule has 12 rings (SSSR count). The second kappa shape index (κ2) is 15.8. The van der Waals surface area contributed by atoms with Crippen molar-refractivity contribution < 1.29 is 9.47 Å². The Hall–Kier alpha value is -8.41. The van der Waals surface area contributed by atoms with E-state index in [0.717, 1.165) is 62.2 Å². The van der Waals surface area contributed by atoms with Gasteiger partial charge in [-0.3, -0.25) is 0 Å². The zero-order valence-electron chi connectivity index (χ0n) is 34.8. The summed E-state index contributed by atoms with van der Waals surface area (Å²) in [6, 6.07) is 74.2. The fourth-order valence-electron chi connectivity index (χ4n) is 9.18. The molecule has 1 aliphatic carbocycles. The smallest absolute Gasteiger partial charge is 0.178 e. The molecule has 5 nitrogen and oxygen atoms in total. The van der Waals surface area contributed by atoms with Crippen molar-refractivity contribution in [3.8, 4) is 102 Å². The largest absolute Gasteiger partial charge is 0.449 e. The lowest BCUT2D eigenvalue weighted by Gasteiger charge is -2.27. The van der Waals surface area contributed by atoms with Crippen LogP contribution in [0.5, 0.6) is 23.0 Å². The molecule has 0 fully saturated rings. The van der Waals surface area contributed by atoms with Crippen molar-refractivity contribution in [3.63, 3.8) is 0 Å². The van der Waals surface area contributed by atoms with Crippen LogP contribution in [0.25, 0.3) is 78.7 Å². The third-order valence-corrected chi connectivity index (χ3v) is 12.3. The molecule has 10 aromatic rings. The Morgan fingerprint density at radius 3 is 1.39 bits per heavy atom. The molecule has 64 heavy (non-hydrogen) atoms. The summed E-state index contributed by atoms with van der Waals surface area (Å²) >= 11 is 0. The lowest BCUT2D eigenvalue weighted by atomic mass is 9.82. The number of hydrogen-bond acceptors (Lipinski definition) is 5. The summed E-state index contributed by atoms with van der Waals surface area (Å²) in [5, 5.41) is 0. The normalized spacial score (nSPS) is 12.2. The average molecular weight is 822 g/mol. The molecule has 0 saturated heterocycles. The Balaban J connectivity index is 1.07. The monoisotopic (exact) mass is 821 g/mol. The van der Waals surface area contributed by atoms with Gasteiger partial charge in [-0.25, -0.2) is 15.0 Å². The molecule has 5 heteroatoms. The summed E-state index contributed by atoms with van der Waals surface area (Å²) in [6.07, 6.45) is 1.43. The van der Waals surface area contributed by atoms with Crippen LogP contribution in [0.2, 0.25) is 0 Å². The summed E-state index contributed by atoms with van der Waals surface area (Å²) in [5.74, 6) is 4.73. The van der Waals surface area contributed by atoms with Crippen molar-refractivity contribution >= 4 is 0 Å². The Morgan fingerprint density at radius 1 is 0.281 bits per heavy atom. The number of aromatic nitrogens is 3. The van der Waals surface area contributed by atoms with Crippen LogP contribution in [0.1, 0.15) is 22.3 Å². The molecule has 0 spiro atoms. The summed E-state index contributed by atoms with van der Waals surface area (Å²) < 4.78 is 13.4. The standard InChI is InChI=1S/C59H39N3O2/c1-4-16-38(17-5-1)45-35-46(37-48(36-45)59-61-57(39-18-6-2-7-19-39)60-58(62-59)40-20-8-3-9-21-40)41-28-30-51-47(32-41)34-43-23-11-13-25-50(43)49-24-12-10-22-42(49)33-44-29-31-54-56(55(44)51)64-53-27-15-14-26-52(53)63-54/h1-32,35-37H,33-34H2. The topological polar surface area (TPSA) is 57.1 Å². The number of nitrogens with zero attached hydrogens (tertiary/aromatic N) is 3. The van der Waals surface area contributed by atoms with Gasteiger partial charge in [0.25, 0.3) is 0 Å². The Labute approximate surface area is 372 Å². The molecule has 0 radical (unpaired) electrons. The minimum Gasteiger partial charge on any atom is -0.449 e. The maximum Gasteiger partial charge on any atom is 0.178 e. The van der Waals surface area contributed by atoms with Gasteiger partial charge in [0.2, 0.25) is 0 Å². The van der Waals surface area contributed by atoms with E-state index in [4.69, 9.17) is 24.4 Å². The third kappa shape index (κ3) is 6.90. The van der Waals surface area contributed by atoms with E-state index in [0.29, 0.717) is 41.1 Å². The van der Waals surface area contributed by atoms with Gasteiger partial charge in [0, 0.05) is 22.3 Å². The molecule has 0 atom stereocenters. The summed E-state index contributed by atoms with van der Waals surface area (Å²) in [7, 11) is 0. The van der Waals surface area contributed by atoms with Crippen molar-refractivity contribution in [3.05, 3.63) is 235 Å². The highest BCUT2D eigenvalue weighted by atomic mass is 16.6. The second-order valence-corrected chi connectivity index (χ2v) is 16.3. The fraction of sp³-hybridized carbons (Fsp3) is 0.0339. The van der Waals surface area contributed by atoms with E-state index in [9.17, 15) is 0 Å². The predicted molar refractivity (Wildman–Crippen MR) is 257 cm³/mol. The van der Waals surface area contributed by atoms with E-state index in [1.807, 2.05) is 84.9 Å². The first-order valence-electron chi connectivity index (χ1n) is 21.7.